The summed E-state index contributed by atoms with van der Waals surface area (Å²) < 4.78 is 0. The van der Waals surface area contributed by atoms with Crippen LogP contribution in [0.15, 0.2) is 24.3 Å². The molecule has 0 aliphatic heterocycles. The van der Waals surface area contributed by atoms with E-state index in [4.69, 9.17) is 0 Å². The molecule has 0 aliphatic rings. The van der Waals surface area contributed by atoms with E-state index >= 15 is 0 Å². The highest BCUT2D eigenvalue weighted by molar-refractivity contribution is 5.42. The first-order valence-corrected chi connectivity index (χ1v) is 5.21. The minimum atomic E-state index is 0.440. The molecular weight excluding hydrogens is 168 g/mol. The Bertz CT molecular complexity index is 348. The van der Waals surface area contributed by atoms with E-state index in [1.54, 1.807) is 0 Å². The van der Waals surface area contributed by atoms with Crippen LogP contribution in [0.5, 0.6) is 0 Å². The summed E-state index contributed by atoms with van der Waals surface area (Å²) in [7, 11) is 0. The molecule has 0 heterocycles. The molecule has 0 amide bonds. The van der Waals surface area contributed by atoms with E-state index in [2.05, 4.69) is 63.8 Å². The summed E-state index contributed by atoms with van der Waals surface area (Å²) in [6, 6.07) is 8.39. The molecular formula is C14H18. The first-order chi connectivity index (χ1) is 6.61. The zero-order valence-corrected chi connectivity index (χ0v) is 9.46. The van der Waals surface area contributed by atoms with Gasteiger partial charge in [-0.1, -0.05) is 57.7 Å². The van der Waals surface area contributed by atoms with Gasteiger partial charge in [0.15, 0.2) is 0 Å². The van der Waals surface area contributed by atoms with E-state index in [0.29, 0.717) is 11.8 Å². The van der Waals surface area contributed by atoms with E-state index in [1.165, 1.54) is 11.1 Å². The van der Waals surface area contributed by atoms with Crippen LogP contribution in [0.25, 0.3) is 0 Å². The van der Waals surface area contributed by atoms with Crippen LogP contribution in [0, 0.1) is 17.8 Å². The molecule has 0 spiro atoms. The van der Waals surface area contributed by atoms with Crippen molar-refractivity contribution in [3.63, 3.8) is 0 Å². The third-order valence-electron chi connectivity index (χ3n) is 2.08. The van der Waals surface area contributed by atoms with Crippen molar-refractivity contribution in [2.75, 3.05) is 0 Å². The second-order valence-corrected chi connectivity index (χ2v) is 4.17. The quantitative estimate of drug-likeness (QED) is 0.585. The van der Waals surface area contributed by atoms with Gasteiger partial charge in [-0.05, 0) is 17.5 Å². The van der Waals surface area contributed by atoms with Crippen molar-refractivity contribution in [1.82, 2.24) is 0 Å². The third-order valence-corrected chi connectivity index (χ3v) is 2.08. The summed E-state index contributed by atoms with van der Waals surface area (Å²) >= 11 is 0. The summed E-state index contributed by atoms with van der Waals surface area (Å²) in [5.74, 6) is 7.44. The number of benzene rings is 1. The molecule has 1 aromatic rings. The molecule has 1 aromatic carbocycles. The maximum absolute atomic E-state index is 3.24. The number of hydrogen-bond donors (Lipinski definition) is 0. The van der Waals surface area contributed by atoms with Gasteiger partial charge in [-0.3, -0.25) is 0 Å². The Kier molecular flexibility index (Phi) is 3.77. The predicted octanol–water partition coefficient (Wildman–Crippen LogP) is 3.82. The topological polar surface area (TPSA) is 0 Å². The van der Waals surface area contributed by atoms with Gasteiger partial charge >= 0.3 is 0 Å². The largest absolute Gasteiger partial charge is 0.0951 e. The van der Waals surface area contributed by atoms with E-state index < -0.39 is 0 Å². The average Bonchev–Trinajstić information content (AvgIpc) is 2.15. The fourth-order valence-electron chi connectivity index (χ4n) is 1.34. The minimum Gasteiger partial charge on any atom is -0.0951 e. The molecule has 0 aliphatic carbocycles. The van der Waals surface area contributed by atoms with E-state index in [1.807, 2.05) is 0 Å². The van der Waals surface area contributed by atoms with Crippen LogP contribution in [0.4, 0.5) is 0 Å². The van der Waals surface area contributed by atoms with Crippen LogP contribution in [0.2, 0.25) is 0 Å². The summed E-state index contributed by atoms with van der Waals surface area (Å²) in [6.45, 7) is 8.64. The maximum atomic E-state index is 3.24. The predicted molar refractivity (Wildman–Crippen MR) is 62.2 cm³/mol. The van der Waals surface area contributed by atoms with Crippen molar-refractivity contribution in [3.05, 3.63) is 35.4 Å². The molecule has 74 valence electrons. The van der Waals surface area contributed by atoms with Crippen molar-refractivity contribution >= 4 is 0 Å². The summed E-state index contributed by atoms with van der Waals surface area (Å²) in [5, 5.41) is 0. The van der Waals surface area contributed by atoms with Crippen molar-refractivity contribution in [2.24, 2.45) is 5.92 Å². The highest BCUT2D eigenvalue weighted by atomic mass is 14.1. The fraction of sp³-hybridized carbons (Fsp3) is 0.429. The minimum absolute atomic E-state index is 0.440. The molecule has 0 radical (unpaired) electrons. The van der Waals surface area contributed by atoms with Gasteiger partial charge in [0.1, 0.15) is 0 Å². The lowest BCUT2D eigenvalue weighted by Gasteiger charge is -2.07. The highest BCUT2D eigenvalue weighted by Crippen LogP contribution is 2.18. The number of rotatable bonds is 1. The lowest BCUT2D eigenvalue weighted by molar-refractivity contribution is 0.858. The van der Waals surface area contributed by atoms with Gasteiger partial charge in [-0.2, -0.15) is 0 Å². The van der Waals surface area contributed by atoms with Gasteiger partial charge in [0, 0.05) is 11.5 Å². The summed E-state index contributed by atoms with van der Waals surface area (Å²) in [5.41, 5.74) is 2.52. The molecule has 0 saturated heterocycles. The third kappa shape index (κ3) is 2.92. The van der Waals surface area contributed by atoms with Crippen molar-refractivity contribution < 1.29 is 0 Å². The zero-order chi connectivity index (χ0) is 10.6. The van der Waals surface area contributed by atoms with Crippen LogP contribution < -0.4 is 0 Å². The lowest BCUT2D eigenvalue weighted by Crippen LogP contribution is -1.92. The normalized spacial score (nSPS) is 10.1. The highest BCUT2D eigenvalue weighted by Gasteiger charge is 2.02. The maximum Gasteiger partial charge on any atom is 0.0279 e. The van der Waals surface area contributed by atoms with E-state index in [0.717, 1.165) is 0 Å². The summed E-state index contributed by atoms with van der Waals surface area (Å²) in [6.07, 6.45) is 0. The molecule has 0 saturated carbocycles. The Morgan fingerprint density at radius 2 is 1.64 bits per heavy atom. The van der Waals surface area contributed by atoms with Gasteiger partial charge < -0.3 is 0 Å². The molecule has 0 bridgehead atoms. The standard InChI is InChI=1S/C14H18/c1-11(2)9-10-13-7-5-6-8-14(13)12(3)4/h5-8,11-12H,1-4H3. The summed E-state index contributed by atoms with van der Waals surface area (Å²) in [4.78, 5) is 0. The first-order valence-electron chi connectivity index (χ1n) is 5.21. The fourth-order valence-corrected chi connectivity index (χ4v) is 1.34. The first kappa shape index (κ1) is 10.9. The van der Waals surface area contributed by atoms with Crippen LogP contribution in [-0.2, 0) is 0 Å². The average molecular weight is 186 g/mol. The second kappa shape index (κ2) is 4.86. The number of hydrogen-bond acceptors (Lipinski definition) is 0. The van der Waals surface area contributed by atoms with Crippen molar-refractivity contribution in [1.29, 1.82) is 0 Å². The van der Waals surface area contributed by atoms with E-state index in [9.17, 15) is 0 Å². The zero-order valence-electron chi connectivity index (χ0n) is 9.46. The molecule has 0 heteroatoms. The molecule has 0 aromatic heterocycles. The molecule has 0 nitrogen and oxygen atoms in total. The van der Waals surface area contributed by atoms with Gasteiger partial charge in [0.05, 0.1) is 0 Å². The van der Waals surface area contributed by atoms with Crippen LogP contribution in [-0.4, -0.2) is 0 Å². The smallest absolute Gasteiger partial charge is 0.0279 e. The Morgan fingerprint density at radius 3 is 2.21 bits per heavy atom. The second-order valence-electron chi connectivity index (χ2n) is 4.17. The molecule has 0 fully saturated rings. The molecule has 0 atom stereocenters. The SMILES string of the molecule is CC(C)C#Cc1ccccc1C(C)C. The van der Waals surface area contributed by atoms with Crippen LogP contribution >= 0.6 is 0 Å². The van der Waals surface area contributed by atoms with Crippen molar-refractivity contribution in [3.8, 4) is 11.8 Å². The van der Waals surface area contributed by atoms with Crippen LogP contribution in [0.1, 0.15) is 44.7 Å². The van der Waals surface area contributed by atoms with E-state index in [-0.39, 0.29) is 0 Å². The van der Waals surface area contributed by atoms with Gasteiger partial charge in [-0.25, -0.2) is 0 Å². The molecule has 14 heavy (non-hydrogen) atoms. The monoisotopic (exact) mass is 186 g/mol. The van der Waals surface area contributed by atoms with Gasteiger partial charge in [-0.15, -0.1) is 0 Å². The Labute approximate surface area is 87.4 Å². The van der Waals surface area contributed by atoms with Gasteiger partial charge in [0.25, 0.3) is 0 Å². The Morgan fingerprint density at radius 1 is 1.00 bits per heavy atom. The molecule has 1 rings (SSSR count). The van der Waals surface area contributed by atoms with Crippen molar-refractivity contribution in [2.45, 2.75) is 33.6 Å². The van der Waals surface area contributed by atoms with Gasteiger partial charge in [0.2, 0.25) is 0 Å². The van der Waals surface area contributed by atoms with Crippen LogP contribution in [0.3, 0.4) is 0 Å². The Hall–Kier alpha value is -1.22. The molecule has 0 unspecified atom stereocenters. The lowest BCUT2D eigenvalue weighted by atomic mass is 9.97. The molecule has 0 N–H and O–H groups in total. The Balaban J connectivity index is 3.04.